The number of fused-ring (bicyclic) bond motifs is 1. The smallest absolute Gasteiger partial charge is 0.307 e. The van der Waals surface area contributed by atoms with Crippen LogP contribution < -0.4 is 10.1 Å². The van der Waals surface area contributed by atoms with E-state index in [1.165, 1.54) is 6.07 Å². The van der Waals surface area contributed by atoms with Gasteiger partial charge in [0.05, 0.1) is 17.7 Å². The number of imidazole rings is 1. The lowest BCUT2D eigenvalue weighted by Gasteiger charge is -2.10. The maximum atomic E-state index is 13.9. The van der Waals surface area contributed by atoms with Gasteiger partial charge in [-0.1, -0.05) is 30.3 Å². The third-order valence-electron chi connectivity index (χ3n) is 5.27. The molecule has 0 unspecified atom stereocenters. The van der Waals surface area contributed by atoms with Crippen LogP contribution in [0.25, 0.3) is 5.65 Å². The fourth-order valence-electron chi connectivity index (χ4n) is 3.58. The summed E-state index contributed by atoms with van der Waals surface area (Å²) < 4.78 is 35.1. The number of hydrogen-bond donors (Lipinski definition) is 2. The summed E-state index contributed by atoms with van der Waals surface area (Å²) in [4.78, 5) is 28.1. The maximum Gasteiger partial charge on any atom is 0.307 e. The Hall–Kier alpha value is -4.27. The highest BCUT2D eigenvalue weighted by Crippen LogP contribution is 2.24. The van der Waals surface area contributed by atoms with Gasteiger partial charge in [-0.15, -0.1) is 0 Å². The molecule has 174 valence electrons. The van der Waals surface area contributed by atoms with E-state index in [4.69, 9.17) is 9.84 Å². The van der Waals surface area contributed by atoms with Crippen LogP contribution in [0.1, 0.15) is 32.9 Å². The number of pyridine rings is 1. The van der Waals surface area contributed by atoms with Crippen LogP contribution in [-0.2, 0) is 24.4 Å². The van der Waals surface area contributed by atoms with Crippen LogP contribution in [0.15, 0.2) is 60.8 Å². The molecular formula is C25H21F2N3O4. The van der Waals surface area contributed by atoms with Crippen molar-refractivity contribution in [2.75, 3.05) is 0 Å². The minimum atomic E-state index is -0.911. The second-order valence-electron chi connectivity index (χ2n) is 7.67. The number of nitrogens with zero attached hydrogens (tertiary/aromatic N) is 2. The van der Waals surface area contributed by atoms with Gasteiger partial charge < -0.3 is 15.2 Å². The number of aromatic nitrogens is 2. The van der Waals surface area contributed by atoms with Gasteiger partial charge in [0.1, 0.15) is 23.9 Å². The monoisotopic (exact) mass is 465 g/mol. The van der Waals surface area contributed by atoms with Gasteiger partial charge in [0.25, 0.3) is 5.91 Å². The zero-order chi connectivity index (χ0) is 24.2. The molecule has 0 bridgehead atoms. The number of aliphatic carboxylic acids is 1. The van der Waals surface area contributed by atoms with Crippen LogP contribution in [0.3, 0.4) is 0 Å². The van der Waals surface area contributed by atoms with Crippen molar-refractivity contribution in [2.45, 2.75) is 26.5 Å². The zero-order valence-electron chi connectivity index (χ0n) is 18.2. The Morgan fingerprint density at radius 3 is 2.38 bits per heavy atom. The minimum absolute atomic E-state index is 0.0679. The molecule has 7 nitrogen and oxygen atoms in total. The number of nitrogens with one attached hydrogen (secondary N) is 1. The number of carboxylic acid groups (broad SMARTS) is 1. The predicted molar refractivity (Wildman–Crippen MR) is 120 cm³/mol. The van der Waals surface area contributed by atoms with Crippen molar-refractivity contribution >= 4 is 17.5 Å². The molecule has 34 heavy (non-hydrogen) atoms. The molecule has 0 saturated carbocycles. The van der Waals surface area contributed by atoms with Gasteiger partial charge in [-0.25, -0.2) is 13.8 Å². The summed E-state index contributed by atoms with van der Waals surface area (Å²) in [5, 5.41) is 11.7. The molecule has 0 aliphatic rings. The Labute approximate surface area is 193 Å². The third-order valence-corrected chi connectivity index (χ3v) is 5.27. The van der Waals surface area contributed by atoms with Gasteiger partial charge in [0.15, 0.2) is 11.4 Å². The Balaban J connectivity index is 1.50. The van der Waals surface area contributed by atoms with E-state index in [0.717, 1.165) is 17.7 Å². The molecule has 2 heterocycles. The summed E-state index contributed by atoms with van der Waals surface area (Å²) in [6.07, 6.45) is 1.59. The van der Waals surface area contributed by atoms with Crippen LogP contribution >= 0.6 is 0 Å². The van der Waals surface area contributed by atoms with Crippen molar-refractivity contribution in [3.05, 3.63) is 101 Å². The Kier molecular flexibility index (Phi) is 6.53. The first-order chi connectivity index (χ1) is 16.3. The van der Waals surface area contributed by atoms with E-state index < -0.39 is 17.6 Å². The molecule has 2 aromatic carbocycles. The standard InChI is InChI=1S/C25H21F2N3O4/c1-15-23(25(33)28-13-17-9-7-16(8-10-17)12-22(31)32)30-11-3-6-21(24(30)29-15)34-14-18-19(26)4-2-5-20(18)27/h2-11H,12-14H2,1H3,(H,28,33)(H,31,32). The molecule has 0 spiro atoms. The number of halogens is 2. The summed E-state index contributed by atoms with van der Waals surface area (Å²) in [5.74, 6) is -2.41. The second-order valence-corrected chi connectivity index (χ2v) is 7.67. The number of ether oxygens (including phenoxy) is 1. The Morgan fingerprint density at radius 1 is 1.03 bits per heavy atom. The number of carbonyl (C=O) groups is 2. The molecule has 2 aromatic heterocycles. The van der Waals surface area contributed by atoms with E-state index in [0.29, 0.717) is 22.6 Å². The molecular weight excluding hydrogens is 444 g/mol. The van der Waals surface area contributed by atoms with Gasteiger partial charge >= 0.3 is 5.97 Å². The first-order valence-electron chi connectivity index (χ1n) is 10.4. The number of aryl methyl sites for hydroxylation is 1. The summed E-state index contributed by atoms with van der Waals surface area (Å²) in [6, 6.07) is 13.8. The number of amides is 1. The van der Waals surface area contributed by atoms with Crippen LogP contribution in [0.4, 0.5) is 8.78 Å². The average molecular weight is 465 g/mol. The van der Waals surface area contributed by atoms with E-state index in [-0.39, 0.29) is 36.8 Å². The van der Waals surface area contributed by atoms with E-state index in [9.17, 15) is 18.4 Å². The van der Waals surface area contributed by atoms with Crippen molar-refractivity contribution in [1.29, 1.82) is 0 Å². The summed E-state index contributed by atoms with van der Waals surface area (Å²) in [6.45, 7) is 1.59. The third kappa shape index (κ3) is 4.88. The van der Waals surface area contributed by atoms with Crippen LogP contribution in [0.5, 0.6) is 5.75 Å². The largest absolute Gasteiger partial charge is 0.485 e. The van der Waals surface area contributed by atoms with Gasteiger partial charge in [0, 0.05) is 12.7 Å². The number of hydrogen-bond acceptors (Lipinski definition) is 4. The lowest BCUT2D eigenvalue weighted by molar-refractivity contribution is -0.136. The fraction of sp³-hybridized carbons (Fsp3) is 0.160. The number of benzene rings is 2. The fourth-order valence-corrected chi connectivity index (χ4v) is 3.58. The summed E-state index contributed by atoms with van der Waals surface area (Å²) in [7, 11) is 0. The molecule has 0 aliphatic heterocycles. The highest BCUT2D eigenvalue weighted by molar-refractivity contribution is 5.95. The first-order valence-corrected chi connectivity index (χ1v) is 10.4. The average Bonchev–Trinajstić information content (AvgIpc) is 3.14. The minimum Gasteiger partial charge on any atom is -0.485 e. The molecule has 0 radical (unpaired) electrons. The molecule has 4 rings (SSSR count). The van der Waals surface area contributed by atoms with Crippen LogP contribution in [-0.4, -0.2) is 26.4 Å². The number of rotatable bonds is 8. The quantitative estimate of drug-likeness (QED) is 0.410. The molecule has 1 amide bonds. The lowest BCUT2D eigenvalue weighted by Crippen LogP contribution is -2.25. The highest BCUT2D eigenvalue weighted by Gasteiger charge is 2.19. The van der Waals surface area contributed by atoms with Gasteiger partial charge in [-0.2, -0.15) is 0 Å². The highest BCUT2D eigenvalue weighted by atomic mass is 19.1. The lowest BCUT2D eigenvalue weighted by atomic mass is 10.1. The van der Waals surface area contributed by atoms with Gasteiger partial charge in [0.2, 0.25) is 0 Å². The zero-order valence-corrected chi connectivity index (χ0v) is 18.2. The number of carboxylic acids is 1. The SMILES string of the molecule is Cc1nc2c(OCc3c(F)cccc3F)cccn2c1C(=O)NCc1ccc(CC(=O)O)cc1. The molecule has 0 fully saturated rings. The Morgan fingerprint density at radius 2 is 1.71 bits per heavy atom. The maximum absolute atomic E-state index is 13.9. The predicted octanol–water partition coefficient (Wildman–Crippen LogP) is 4.06. The normalized spacial score (nSPS) is 10.9. The van der Waals surface area contributed by atoms with E-state index in [2.05, 4.69) is 10.3 Å². The molecule has 2 N–H and O–H groups in total. The number of carbonyl (C=O) groups excluding carboxylic acids is 1. The second kappa shape index (κ2) is 9.70. The van der Waals surface area contributed by atoms with E-state index in [1.54, 1.807) is 53.9 Å². The molecule has 0 saturated heterocycles. The van der Waals surface area contributed by atoms with Crippen molar-refractivity contribution in [1.82, 2.24) is 14.7 Å². The molecule has 4 aromatic rings. The Bertz CT molecular complexity index is 1350. The van der Waals surface area contributed by atoms with Crippen LogP contribution in [0, 0.1) is 18.6 Å². The van der Waals surface area contributed by atoms with Gasteiger partial charge in [-0.3, -0.25) is 14.0 Å². The molecule has 9 heteroatoms. The van der Waals surface area contributed by atoms with Crippen molar-refractivity contribution in [3.8, 4) is 5.75 Å². The van der Waals surface area contributed by atoms with Gasteiger partial charge in [-0.05, 0) is 42.3 Å². The topological polar surface area (TPSA) is 92.9 Å². The van der Waals surface area contributed by atoms with E-state index >= 15 is 0 Å². The van der Waals surface area contributed by atoms with Crippen molar-refractivity contribution < 1.29 is 28.2 Å². The first kappa shape index (κ1) is 22.9. The molecule has 0 atom stereocenters. The van der Waals surface area contributed by atoms with Crippen molar-refractivity contribution in [3.63, 3.8) is 0 Å². The van der Waals surface area contributed by atoms with Crippen molar-refractivity contribution in [2.24, 2.45) is 0 Å². The molecule has 0 aliphatic carbocycles. The summed E-state index contributed by atoms with van der Waals surface area (Å²) in [5.41, 5.74) is 2.40. The van der Waals surface area contributed by atoms with E-state index in [1.807, 2.05) is 0 Å². The summed E-state index contributed by atoms with van der Waals surface area (Å²) >= 11 is 0. The van der Waals surface area contributed by atoms with Crippen LogP contribution in [0.2, 0.25) is 0 Å².